The van der Waals surface area contributed by atoms with Crippen molar-refractivity contribution in [2.24, 2.45) is 5.92 Å². The number of carbonyl (C=O) groups excluding carboxylic acids is 1. The molecule has 1 rings (SSSR count). The summed E-state index contributed by atoms with van der Waals surface area (Å²) >= 11 is 0. The summed E-state index contributed by atoms with van der Waals surface area (Å²) < 4.78 is 0. The summed E-state index contributed by atoms with van der Waals surface area (Å²) in [7, 11) is 0. The van der Waals surface area contributed by atoms with Crippen LogP contribution in [0.4, 0.5) is 4.79 Å². The highest BCUT2D eigenvalue weighted by Crippen LogP contribution is 2.17. The van der Waals surface area contributed by atoms with Crippen molar-refractivity contribution in [1.29, 1.82) is 0 Å². The van der Waals surface area contributed by atoms with Crippen LogP contribution in [-0.2, 0) is 0 Å². The van der Waals surface area contributed by atoms with Gasteiger partial charge in [-0.05, 0) is 31.6 Å². The van der Waals surface area contributed by atoms with Crippen molar-refractivity contribution in [3.05, 3.63) is 0 Å². The maximum Gasteiger partial charge on any atom is 0.320 e. The molecular weight excluding hydrogens is 224 g/mol. The Hall–Kier alpha value is -0.730. The fourth-order valence-corrected chi connectivity index (χ4v) is 2.56. The van der Waals surface area contributed by atoms with Crippen molar-refractivity contribution in [2.45, 2.75) is 59.3 Å². The first-order valence-corrected chi connectivity index (χ1v) is 7.72. The first-order valence-electron chi connectivity index (χ1n) is 7.72. The van der Waals surface area contributed by atoms with Gasteiger partial charge in [-0.15, -0.1) is 0 Å². The topological polar surface area (TPSA) is 23.6 Å². The average Bonchev–Trinajstić information content (AvgIpc) is 2.38. The lowest BCUT2D eigenvalue weighted by atomic mass is 10.0. The Labute approximate surface area is 113 Å². The number of amides is 2. The Bertz CT molecular complexity index is 235. The van der Waals surface area contributed by atoms with E-state index in [0.29, 0.717) is 5.92 Å². The standard InChI is InChI=1S/C15H30N2O/c1-4-6-10-16(11-7-5-2)15(18)17-12-8-9-14(3)13-17/h14H,4-13H2,1-3H3. The molecule has 0 bridgehead atoms. The van der Waals surface area contributed by atoms with E-state index in [9.17, 15) is 4.79 Å². The Kier molecular flexibility index (Phi) is 7.14. The SMILES string of the molecule is CCCCN(CCCC)C(=O)N1CCCC(C)C1. The molecule has 0 aromatic carbocycles. The predicted molar refractivity (Wildman–Crippen MR) is 76.8 cm³/mol. The number of urea groups is 1. The summed E-state index contributed by atoms with van der Waals surface area (Å²) in [5.74, 6) is 0.668. The molecule has 0 spiro atoms. The number of hydrogen-bond acceptors (Lipinski definition) is 1. The molecule has 1 aliphatic heterocycles. The lowest BCUT2D eigenvalue weighted by Gasteiger charge is -2.35. The minimum absolute atomic E-state index is 0.281. The Morgan fingerprint density at radius 1 is 1.22 bits per heavy atom. The van der Waals surface area contributed by atoms with Gasteiger partial charge in [-0.2, -0.15) is 0 Å². The summed E-state index contributed by atoms with van der Waals surface area (Å²) in [6.45, 7) is 10.4. The van der Waals surface area contributed by atoms with Crippen molar-refractivity contribution < 1.29 is 4.79 Å². The Balaban J connectivity index is 2.50. The number of rotatable bonds is 6. The van der Waals surface area contributed by atoms with E-state index in [0.717, 1.165) is 51.9 Å². The molecular formula is C15H30N2O. The number of hydrogen-bond donors (Lipinski definition) is 0. The summed E-state index contributed by atoms with van der Waals surface area (Å²) in [6.07, 6.45) is 7.01. The first kappa shape index (κ1) is 15.3. The van der Waals surface area contributed by atoms with E-state index in [1.165, 1.54) is 12.8 Å². The van der Waals surface area contributed by atoms with E-state index >= 15 is 0 Å². The molecule has 1 fully saturated rings. The number of nitrogens with zero attached hydrogens (tertiary/aromatic N) is 2. The molecule has 1 aliphatic rings. The molecule has 106 valence electrons. The third-order valence-electron chi connectivity index (χ3n) is 3.76. The van der Waals surface area contributed by atoms with Gasteiger partial charge in [0.25, 0.3) is 0 Å². The zero-order chi connectivity index (χ0) is 13.4. The van der Waals surface area contributed by atoms with E-state index in [2.05, 4.69) is 30.6 Å². The molecule has 0 aromatic heterocycles. The molecule has 1 atom stereocenters. The smallest absolute Gasteiger partial charge is 0.320 e. The minimum Gasteiger partial charge on any atom is -0.325 e. The molecule has 1 heterocycles. The van der Waals surface area contributed by atoms with Crippen LogP contribution < -0.4 is 0 Å². The molecule has 0 aliphatic carbocycles. The lowest BCUT2D eigenvalue weighted by Crippen LogP contribution is -2.47. The third kappa shape index (κ3) is 4.87. The maximum atomic E-state index is 12.5. The summed E-state index contributed by atoms with van der Waals surface area (Å²) in [5.41, 5.74) is 0. The van der Waals surface area contributed by atoms with Gasteiger partial charge >= 0.3 is 6.03 Å². The van der Waals surface area contributed by atoms with E-state index in [-0.39, 0.29) is 6.03 Å². The molecule has 18 heavy (non-hydrogen) atoms. The summed E-state index contributed by atoms with van der Waals surface area (Å²) in [6, 6.07) is 0.281. The Morgan fingerprint density at radius 3 is 2.33 bits per heavy atom. The highest BCUT2D eigenvalue weighted by atomic mass is 16.2. The second-order valence-corrected chi connectivity index (χ2v) is 5.67. The first-order chi connectivity index (χ1) is 8.69. The van der Waals surface area contributed by atoms with E-state index in [4.69, 9.17) is 0 Å². The highest BCUT2D eigenvalue weighted by molar-refractivity contribution is 5.74. The zero-order valence-corrected chi connectivity index (χ0v) is 12.5. The highest BCUT2D eigenvalue weighted by Gasteiger charge is 2.24. The molecule has 3 nitrogen and oxygen atoms in total. The van der Waals surface area contributed by atoms with Gasteiger partial charge in [0.05, 0.1) is 0 Å². The van der Waals surface area contributed by atoms with Crippen LogP contribution in [0, 0.1) is 5.92 Å². The zero-order valence-electron chi connectivity index (χ0n) is 12.5. The van der Waals surface area contributed by atoms with Crippen LogP contribution in [0.1, 0.15) is 59.3 Å². The minimum atomic E-state index is 0.281. The molecule has 1 unspecified atom stereocenters. The quantitative estimate of drug-likeness (QED) is 0.708. The van der Waals surface area contributed by atoms with Crippen molar-refractivity contribution in [3.63, 3.8) is 0 Å². The molecule has 1 saturated heterocycles. The fraction of sp³-hybridized carbons (Fsp3) is 0.933. The molecule has 0 radical (unpaired) electrons. The van der Waals surface area contributed by atoms with Gasteiger partial charge in [0.2, 0.25) is 0 Å². The van der Waals surface area contributed by atoms with Gasteiger partial charge in [-0.1, -0.05) is 33.6 Å². The van der Waals surface area contributed by atoms with Gasteiger partial charge in [0.1, 0.15) is 0 Å². The van der Waals surface area contributed by atoms with Crippen molar-refractivity contribution in [2.75, 3.05) is 26.2 Å². The van der Waals surface area contributed by atoms with Crippen LogP contribution in [0.3, 0.4) is 0 Å². The number of piperidine rings is 1. The van der Waals surface area contributed by atoms with E-state index < -0.39 is 0 Å². The van der Waals surface area contributed by atoms with Gasteiger partial charge in [-0.25, -0.2) is 4.79 Å². The fourth-order valence-electron chi connectivity index (χ4n) is 2.56. The monoisotopic (exact) mass is 254 g/mol. The summed E-state index contributed by atoms with van der Waals surface area (Å²) in [5, 5.41) is 0. The predicted octanol–water partition coefficient (Wildman–Crippen LogP) is 3.74. The molecule has 0 aromatic rings. The molecule has 3 heteroatoms. The number of carbonyl (C=O) groups is 1. The average molecular weight is 254 g/mol. The van der Waals surface area contributed by atoms with Crippen molar-refractivity contribution in [3.8, 4) is 0 Å². The summed E-state index contributed by atoms with van der Waals surface area (Å²) in [4.78, 5) is 16.7. The van der Waals surface area contributed by atoms with E-state index in [1.807, 2.05) is 0 Å². The normalized spacial score (nSPS) is 19.9. The maximum absolute atomic E-state index is 12.5. The van der Waals surface area contributed by atoms with Gasteiger partial charge in [-0.3, -0.25) is 0 Å². The van der Waals surface area contributed by atoms with Crippen molar-refractivity contribution >= 4 is 6.03 Å². The van der Waals surface area contributed by atoms with Gasteiger partial charge in [0, 0.05) is 26.2 Å². The number of likely N-dealkylation sites (tertiary alicyclic amines) is 1. The molecule has 0 N–H and O–H groups in total. The molecule has 0 saturated carbocycles. The van der Waals surface area contributed by atoms with Gasteiger partial charge < -0.3 is 9.80 Å². The molecule has 2 amide bonds. The van der Waals surface area contributed by atoms with Crippen LogP contribution >= 0.6 is 0 Å². The van der Waals surface area contributed by atoms with Crippen LogP contribution in [0.25, 0.3) is 0 Å². The Morgan fingerprint density at radius 2 is 1.83 bits per heavy atom. The van der Waals surface area contributed by atoms with Crippen LogP contribution in [0.15, 0.2) is 0 Å². The second kappa shape index (κ2) is 8.39. The lowest BCUT2D eigenvalue weighted by molar-refractivity contribution is 0.130. The van der Waals surface area contributed by atoms with Crippen LogP contribution in [0.2, 0.25) is 0 Å². The van der Waals surface area contributed by atoms with E-state index in [1.54, 1.807) is 0 Å². The number of unbranched alkanes of at least 4 members (excludes halogenated alkanes) is 2. The van der Waals surface area contributed by atoms with Crippen LogP contribution in [0.5, 0.6) is 0 Å². The largest absolute Gasteiger partial charge is 0.325 e. The van der Waals surface area contributed by atoms with Crippen molar-refractivity contribution in [1.82, 2.24) is 9.80 Å². The van der Waals surface area contributed by atoms with Crippen LogP contribution in [-0.4, -0.2) is 42.0 Å². The third-order valence-corrected chi connectivity index (χ3v) is 3.76. The second-order valence-electron chi connectivity index (χ2n) is 5.67. The van der Waals surface area contributed by atoms with Gasteiger partial charge in [0.15, 0.2) is 0 Å².